The highest BCUT2D eigenvalue weighted by Gasteiger charge is 2.63. The summed E-state index contributed by atoms with van der Waals surface area (Å²) in [6.45, 7) is -4.59. The van der Waals surface area contributed by atoms with Gasteiger partial charge in [-0.15, -0.1) is 0 Å². The third-order valence-electron chi connectivity index (χ3n) is 25.3. The minimum Gasteiger partial charge on any atom is -0.394 e. The van der Waals surface area contributed by atoms with Crippen molar-refractivity contribution in [3.05, 3.63) is 0 Å². The highest BCUT2D eigenvalue weighted by Crippen LogP contribution is 2.42. The van der Waals surface area contributed by atoms with Crippen molar-refractivity contribution in [2.75, 3.05) is 66.1 Å². The smallest absolute Gasteiger partial charge is 0.217 e. The van der Waals surface area contributed by atoms with Gasteiger partial charge in [-0.3, -0.25) is 28.8 Å². The first-order chi connectivity index (χ1) is 65.6. The molecule has 0 aromatic rings. The summed E-state index contributed by atoms with van der Waals surface area (Å²) >= 11 is 0. The van der Waals surface area contributed by atoms with Gasteiger partial charge in [-0.1, -0.05) is 0 Å². The molecule has 11 fully saturated rings. The summed E-state index contributed by atoms with van der Waals surface area (Å²) in [6, 6.07) is -11.5. The first kappa shape index (κ1) is 114. The number of aliphatic hydroxyl groups excluding tert-OH is 28. The van der Waals surface area contributed by atoms with Crippen molar-refractivity contribution >= 4 is 35.4 Å². The summed E-state index contributed by atoms with van der Waals surface area (Å²) in [4.78, 5) is 77.8. The van der Waals surface area contributed by atoms with Crippen molar-refractivity contribution in [3.8, 4) is 0 Å². The monoisotopic (exact) mass is 2030 g/mol. The Hall–Kier alpha value is -5.14. The Bertz CT molecular complexity index is 3900. The molecule has 0 saturated carbocycles. The van der Waals surface area contributed by atoms with Crippen LogP contribution in [0.5, 0.6) is 0 Å². The molecule has 0 radical (unpaired) electrons. The van der Waals surface area contributed by atoms with Crippen molar-refractivity contribution in [2.45, 2.75) is 386 Å². The van der Waals surface area contributed by atoms with Crippen LogP contribution in [0.25, 0.3) is 0 Å². The number of carbonyl (C=O) groups excluding carboxylic acids is 6. The van der Waals surface area contributed by atoms with E-state index >= 15 is 0 Å². The predicted octanol–water partition coefficient (Wildman–Crippen LogP) is -23.1. The molecular weight excluding hydrogens is 1900 g/mol. The third-order valence-corrected chi connectivity index (χ3v) is 25.3. The van der Waals surface area contributed by atoms with Gasteiger partial charge >= 0.3 is 0 Å². The van der Waals surface area contributed by atoms with E-state index in [1.807, 2.05) is 0 Å². The number of ether oxygens (including phenoxy) is 21. The molecule has 61 nitrogen and oxygen atoms in total. The number of rotatable bonds is 36. The second-order valence-electron chi connectivity index (χ2n) is 35.3. The number of hydrogen-bond acceptors (Lipinski definition) is 55. The summed E-state index contributed by atoms with van der Waals surface area (Å²) in [5, 5.41) is 333. The number of carbonyl (C=O) groups is 6. The molecule has 0 unspecified atom stereocenters. The maximum absolute atomic E-state index is 13.5. The topological polar surface area (TPSA) is 935 Å². The average Bonchev–Trinajstić information content (AvgIpc) is 0.752. The maximum atomic E-state index is 13.5. The Morgan fingerprint density at radius 3 is 0.950 bits per heavy atom. The second kappa shape index (κ2) is 50.0. The molecule has 0 aromatic carbocycles. The van der Waals surface area contributed by atoms with Crippen LogP contribution in [0.4, 0.5) is 0 Å². The van der Waals surface area contributed by atoms with Crippen LogP contribution in [0.1, 0.15) is 48.5 Å². The number of amides is 6. The Balaban J connectivity index is 0.999. The van der Waals surface area contributed by atoms with E-state index in [2.05, 4.69) is 31.9 Å². The SMILES string of the molecule is CC(=O)N[C@@H]1[C@@H](O)[C@H](O[C@@H]2O[C@H](CO)[C@@H](O[C@@H]3O[C@H](CO[C@H]4O[C@H](CO[C@@H]5O[C@H](CO)[C@@H](O)[C@H](O)[C@H]5NC(C)=O)[C@@H](O)[C@H](O)[C@@H]4O[C@@H]4O[C@H](CO)[C@@H](O)[C@H](O)[C@H]4NC(C)=O)[C@@H](O)[C@H](O[C@H]4O[C@H](CO)[C@@H](O[C@@H]5O[C@H](CO)[C@@H](O)[C@H](O[C@@H]6O[C@H](CO)[C@H](O)[C@H](O)[C@H]6O)[C@H]5NC(C)=O)[C@H](O)[C@@H]4O[C@@H]4O[C@H](CO)[C@@H](O)[C@H](O)[C@H]4NC(C)=O)[C@@H]3O)[C@H](O)[C@H]2NC(C)=O)[C@@H](CO[C@H]2O[C@H](C)[C@H](O)[C@@H](O)[C@H]2O)O[C@H]1O. The first-order valence-electron chi connectivity index (χ1n) is 44.5. The molecule has 11 heterocycles. The predicted molar refractivity (Wildman–Crippen MR) is 430 cm³/mol. The van der Waals surface area contributed by atoms with Gasteiger partial charge in [0.2, 0.25) is 35.4 Å². The molecule has 34 N–H and O–H groups in total. The molecule has 11 aliphatic rings. The Morgan fingerprint density at radius 2 is 0.475 bits per heavy atom. The lowest BCUT2D eigenvalue weighted by Gasteiger charge is -2.52. The van der Waals surface area contributed by atoms with Gasteiger partial charge in [0.15, 0.2) is 69.2 Å². The Labute approximate surface area is 788 Å². The fourth-order valence-electron chi connectivity index (χ4n) is 18.0. The molecular formula is C78H130N6O55. The van der Waals surface area contributed by atoms with E-state index < -0.39 is 439 Å². The summed E-state index contributed by atoms with van der Waals surface area (Å²) in [5.41, 5.74) is 0. The van der Waals surface area contributed by atoms with Gasteiger partial charge in [0.05, 0.1) is 72.2 Å². The Morgan fingerprint density at radius 1 is 0.201 bits per heavy atom. The third kappa shape index (κ3) is 26.0. The van der Waals surface area contributed by atoms with Crippen molar-refractivity contribution in [1.82, 2.24) is 31.9 Å². The first-order valence-corrected chi connectivity index (χ1v) is 44.5. The van der Waals surface area contributed by atoms with Crippen LogP contribution in [0, 0.1) is 0 Å². The molecule has 0 spiro atoms. The zero-order valence-corrected chi connectivity index (χ0v) is 75.4. The van der Waals surface area contributed by atoms with Gasteiger partial charge < -0.3 is 274 Å². The molecule has 11 aliphatic heterocycles. The van der Waals surface area contributed by atoms with Gasteiger partial charge in [0, 0.05) is 41.5 Å². The van der Waals surface area contributed by atoms with Crippen molar-refractivity contribution < 1.29 is 271 Å². The molecule has 0 aliphatic carbocycles. The van der Waals surface area contributed by atoms with E-state index in [4.69, 9.17) is 99.5 Å². The van der Waals surface area contributed by atoms with E-state index in [1.165, 1.54) is 6.92 Å². The summed E-state index contributed by atoms with van der Waals surface area (Å²) < 4.78 is 127. The summed E-state index contributed by atoms with van der Waals surface area (Å²) in [7, 11) is 0. The van der Waals surface area contributed by atoms with Crippen LogP contribution >= 0.6 is 0 Å². The molecule has 11 saturated heterocycles. The highest BCUT2D eigenvalue weighted by atomic mass is 16.8. The van der Waals surface area contributed by atoms with Crippen molar-refractivity contribution in [2.24, 2.45) is 0 Å². The molecule has 0 bridgehead atoms. The summed E-state index contributed by atoms with van der Waals surface area (Å²) in [5.74, 6) is -5.70. The lowest BCUT2D eigenvalue weighted by atomic mass is 9.93. The van der Waals surface area contributed by atoms with Gasteiger partial charge in [0.1, 0.15) is 262 Å². The lowest BCUT2D eigenvalue weighted by Crippen LogP contribution is -2.71. The van der Waals surface area contributed by atoms with Gasteiger partial charge in [-0.05, 0) is 6.92 Å². The summed E-state index contributed by atoms with van der Waals surface area (Å²) in [6.07, 6.45) is -105. The van der Waals surface area contributed by atoms with Crippen LogP contribution in [0.15, 0.2) is 0 Å². The van der Waals surface area contributed by atoms with Gasteiger partial charge in [-0.2, -0.15) is 0 Å². The number of nitrogens with one attached hydrogen (secondary N) is 6. The highest BCUT2D eigenvalue weighted by molar-refractivity contribution is 5.75. The zero-order chi connectivity index (χ0) is 102. The molecule has 11 rings (SSSR count). The van der Waals surface area contributed by atoms with Gasteiger partial charge in [0.25, 0.3) is 0 Å². The normalized spacial score (nSPS) is 48.3. The van der Waals surface area contributed by atoms with Crippen LogP contribution in [-0.4, -0.2) is 582 Å². The van der Waals surface area contributed by atoms with E-state index in [1.54, 1.807) is 0 Å². The maximum Gasteiger partial charge on any atom is 0.217 e. The fourth-order valence-corrected chi connectivity index (χ4v) is 18.0. The minimum atomic E-state index is -2.77. The second-order valence-corrected chi connectivity index (χ2v) is 35.3. The molecule has 6 amide bonds. The average molecular weight is 2030 g/mol. The zero-order valence-electron chi connectivity index (χ0n) is 75.4. The minimum absolute atomic E-state index is 0.840. The van der Waals surface area contributed by atoms with E-state index in [0.717, 1.165) is 41.5 Å². The Kier molecular flexibility index (Phi) is 41.1. The van der Waals surface area contributed by atoms with E-state index in [9.17, 15) is 172 Å². The standard InChI is InChI=1S/C78H130N6O55/c1-18-41(98)54(111)57(114)74(122-18)120-17-34-63(52(109)35(68(118)123-34)79-19(2)92)134-72-39(83-23(6)96)53(110)61(30(13-90)129-72)135-76-60(117)65(48(105)33(131-76)16-121-77-66(138-70-37(81-21(4)94)50(107)43(100)26(9-86)125-70)56(113)46(103)32(132-77)15-119-69-36(80-20(3)93)49(106)42(99)25(8-85)124-69)137-78-67(139-71-38(82-22(5)95)51(108)44(101)27(10-87)126-71)59(116)62(31(14-91)130-78)133-73-40(84-24(7)97)64(47(104)29(12-89)127-73)136-75-58(115)55(112)45(102)28(11-88)128-75/h18,25-78,85-91,98-118H,8-17H2,1-7H3,(H,79,92)(H,80,93)(H,81,94)(H,82,95)(H,83,96)(H,84,97)/t18-,25-,26-,27-,28-,29-,30-,31-,32-,33-,34-,35-,36-,37-,38-,39-,40-,41+,42-,43-,44-,45+,46-,47-,48-,49-,50-,51-,52-,53-,54-,55+,56+,57-,58-,59+,60+,61-,62-,63-,64-,65+,66+,67+,68-,69-,70+,71+,72+,73+,74+,75+,76+,77+,78-/m1/s1. The fraction of sp³-hybridized carbons (Fsp3) is 0.923. The molecule has 139 heavy (non-hydrogen) atoms. The van der Waals surface area contributed by atoms with E-state index in [-0.39, 0.29) is 0 Å². The molecule has 802 valence electrons. The van der Waals surface area contributed by atoms with E-state index in [0.29, 0.717) is 0 Å². The van der Waals surface area contributed by atoms with Crippen LogP contribution in [0.2, 0.25) is 0 Å². The van der Waals surface area contributed by atoms with Crippen molar-refractivity contribution in [1.29, 1.82) is 0 Å². The largest absolute Gasteiger partial charge is 0.394 e. The molecule has 61 heteroatoms. The molecule has 55 atom stereocenters. The molecule has 0 aromatic heterocycles. The lowest BCUT2D eigenvalue weighted by molar-refractivity contribution is -0.404. The van der Waals surface area contributed by atoms with Crippen LogP contribution < -0.4 is 31.9 Å². The quantitative estimate of drug-likeness (QED) is 0.0277. The van der Waals surface area contributed by atoms with Crippen LogP contribution in [-0.2, 0) is 128 Å². The van der Waals surface area contributed by atoms with Gasteiger partial charge in [-0.25, -0.2) is 0 Å². The van der Waals surface area contributed by atoms with Crippen molar-refractivity contribution in [3.63, 3.8) is 0 Å². The van der Waals surface area contributed by atoms with Crippen LogP contribution in [0.3, 0.4) is 0 Å². The number of hydrogen-bond donors (Lipinski definition) is 34. The number of aliphatic hydroxyl groups is 28.